The third-order valence-corrected chi connectivity index (χ3v) is 6.33. The van der Waals surface area contributed by atoms with Crippen molar-refractivity contribution in [2.75, 3.05) is 39.8 Å². The molecule has 6 heteroatoms. The Kier molecular flexibility index (Phi) is 10.2. The van der Waals surface area contributed by atoms with Gasteiger partial charge in [-0.1, -0.05) is 79.9 Å². The predicted molar refractivity (Wildman–Crippen MR) is 133 cm³/mol. The monoisotopic (exact) mass is 450 g/mol. The van der Waals surface area contributed by atoms with Gasteiger partial charge in [-0.15, -0.1) is 0 Å². The smallest absolute Gasteiger partial charge is 0.317 e. The lowest BCUT2D eigenvalue weighted by Gasteiger charge is -2.39. The minimum atomic E-state index is 0.0465. The second kappa shape index (κ2) is 13.6. The van der Waals surface area contributed by atoms with E-state index in [2.05, 4.69) is 76.2 Å². The molecule has 0 bridgehead atoms. The average molecular weight is 451 g/mol. The van der Waals surface area contributed by atoms with Crippen LogP contribution in [-0.2, 0) is 4.79 Å². The fourth-order valence-electron chi connectivity index (χ4n) is 4.44. The first-order valence-electron chi connectivity index (χ1n) is 12.3. The van der Waals surface area contributed by atoms with Gasteiger partial charge in [0.2, 0.25) is 5.91 Å². The highest BCUT2D eigenvalue weighted by atomic mass is 16.2. The topological polar surface area (TPSA) is 64.7 Å². The summed E-state index contributed by atoms with van der Waals surface area (Å²) in [6, 6.07) is 21.5. The average Bonchev–Trinajstić information content (AvgIpc) is 2.87. The van der Waals surface area contributed by atoms with Crippen LogP contribution < -0.4 is 10.6 Å². The number of unbranched alkanes of at least 4 members (excludes halogenated alkanes) is 4. The summed E-state index contributed by atoms with van der Waals surface area (Å²) in [6.07, 6.45) is 5.77. The number of piperazine rings is 1. The van der Waals surface area contributed by atoms with Gasteiger partial charge in [0.25, 0.3) is 0 Å². The number of benzene rings is 2. The second-order valence-electron chi connectivity index (χ2n) is 8.67. The zero-order valence-electron chi connectivity index (χ0n) is 19.8. The molecule has 1 aliphatic rings. The van der Waals surface area contributed by atoms with Crippen molar-refractivity contribution in [3.8, 4) is 0 Å². The van der Waals surface area contributed by atoms with Crippen LogP contribution in [0.5, 0.6) is 0 Å². The number of carbonyl (C=O) groups is 2. The molecule has 1 aliphatic heterocycles. The summed E-state index contributed by atoms with van der Waals surface area (Å²) in [5.74, 6) is 0.112. The lowest BCUT2D eigenvalue weighted by Crippen LogP contribution is -2.52. The standard InChI is InChI=1S/C27H38N4O2/c1-28-25(32)17-11-3-2-4-12-18-29-27(33)31-21-19-30(20-22-31)26(23-13-7-5-8-14-23)24-15-9-6-10-16-24/h5-10,13-16,26H,2-4,11-12,17-22H2,1H3,(H,28,32)(H,29,33). The van der Waals surface area contributed by atoms with Gasteiger partial charge in [-0.25, -0.2) is 4.79 Å². The normalized spacial score (nSPS) is 14.3. The molecule has 2 aromatic carbocycles. The van der Waals surface area contributed by atoms with Crippen LogP contribution in [0.25, 0.3) is 0 Å². The highest BCUT2D eigenvalue weighted by Crippen LogP contribution is 2.29. The van der Waals surface area contributed by atoms with Gasteiger partial charge in [-0.3, -0.25) is 9.69 Å². The minimum Gasteiger partial charge on any atom is -0.359 e. The van der Waals surface area contributed by atoms with Gasteiger partial charge in [0.05, 0.1) is 6.04 Å². The van der Waals surface area contributed by atoms with Crippen LogP contribution in [0.4, 0.5) is 4.79 Å². The molecule has 2 aromatic rings. The fraction of sp³-hybridized carbons (Fsp3) is 0.481. The van der Waals surface area contributed by atoms with E-state index in [1.54, 1.807) is 7.05 Å². The summed E-state index contributed by atoms with van der Waals surface area (Å²) < 4.78 is 0. The molecular formula is C27H38N4O2. The Balaban J connectivity index is 1.39. The molecule has 1 fully saturated rings. The Hall–Kier alpha value is -2.86. The first-order valence-corrected chi connectivity index (χ1v) is 12.3. The van der Waals surface area contributed by atoms with Gasteiger partial charge in [0.15, 0.2) is 0 Å². The number of hydrogen-bond acceptors (Lipinski definition) is 3. The molecule has 178 valence electrons. The number of nitrogens with one attached hydrogen (secondary N) is 2. The van der Waals surface area contributed by atoms with Gasteiger partial charge < -0.3 is 15.5 Å². The predicted octanol–water partition coefficient (Wildman–Crippen LogP) is 4.19. The van der Waals surface area contributed by atoms with Crippen molar-refractivity contribution in [3.63, 3.8) is 0 Å². The Bertz CT molecular complexity index is 796. The Morgan fingerprint density at radius 1 is 0.788 bits per heavy atom. The molecule has 3 amide bonds. The molecule has 33 heavy (non-hydrogen) atoms. The zero-order valence-corrected chi connectivity index (χ0v) is 19.8. The Morgan fingerprint density at radius 3 is 1.91 bits per heavy atom. The third-order valence-electron chi connectivity index (χ3n) is 6.33. The fourth-order valence-corrected chi connectivity index (χ4v) is 4.44. The van der Waals surface area contributed by atoms with Crippen LogP contribution in [0.1, 0.15) is 55.7 Å². The maximum absolute atomic E-state index is 12.6. The van der Waals surface area contributed by atoms with Crippen molar-refractivity contribution in [1.82, 2.24) is 20.4 Å². The summed E-state index contributed by atoms with van der Waals surface area (Å²) >= 11 is 0. The molecule has 1 heterocycles. The quantitative estimate of drug-likeness (QED) is 0.505. The maximum atomic E-state index is 12.6. The number of amides is 3. The number of hydrogen-bond donors (Lipinski definition) is 2. The summed E-state index contributed by atoms with van der Waals surface area (Å²) in [5, 5.41) is 5.73. The highest BCUT2D eigenvalue weighted by Gasteiger charge is 2.27. The molecule has 0 unspecified atom stereocenters. The van der Waals surface area contributed by atoms with Gasteiger partial charge >= 0.3 is 6.03 Å². The molecule has 0 spiro atoms. The van der Waals surface area contributed by atoms with Crippen molar-refractivity contribution in [2.24, 2.45) is 0 Å². The number of nitrogens with zero attached hydrogens (tertiary/aromatic N) is 2. The summed E-state index contributed by atoms with van der Waals surface area (Å²) in [6.45, 7) is 3.90. The Morgan fingerprint density at radius 2 is 1.33 bits per heavy atom. The number of rotatable bonds is 11. The largest absolute Gasteiger partial charge is 0.359 e. The van der Waals surface area contributed by atoms with E-state index in [9.17, 15) is 9.59 Å². The molecular weight excluding hydrogens is 412 g/mol. The van der Waals surface area contributed by atoms with E-state index in [1.807, 2.05) is 4.90 Å². The van der Waals surface area contributed by atoms with E-state index in [1.165, 1.54) is 11.1 Å². The van der Waals surface area contributed by atoms with Gasteiger partial charge in [0, 0.05) is 46.2 Å². The van der Waals surface area contributed by atoms with Crippen molar-refractivity contribution in [1.29, 1.82) is 0 Å². The second-order valence-corrected chi connectivity index (χ2v) is 8.67. The first-order chi connectivity index (χ1) is 16.2. The molecule has 1 saturated heterocycles. The van der Waals surface area contributed by atoms with Crippen LogP contribution in [0.3, 0.4) is 0 Å². The first kappa shape index (κ1) is 24.8. The van der Waals surface area contributed by atoms with Crippen LogP contribution in [0, 0.1) is 0 Å². The summed E-state index contributed by atoms with van der Waals surface area (Å²) in [7, 11) is 1.68. The van der Waals surface area contributed by atoms with Crippen molar-refractivity contribution in [3.05, 3.63) is 71.8 Å². The van der Waals surface area contributed by atoms with Crippen LogP contribution in [-0.4, -0.2) is 61.5 Å². The molecule has 2 N–H and O–H groups in total. The van der Waals surface area contributed by atoms with Crippen molar-refractivity contribution >= 4 is 11.9 Å². The number of urea groups is 1. The van der Waals surface area contributed by atoms with Crippen LogP contribution in [0.15, 0.2) is 60.7 Å². The molecule has 6 nitrogen and oxygen atoms in total. The zero-order chi connectivity index (χ0) is 23.3. The van der Waals surface area contributed by atoms with E-state index in [0.717, 1.165) is 58.3 Å². The van der Waals surface area contributed by atoms with Gasteiger partial charge in [-0.2, -0.15) is 0 Å². The molecule has 0 radical (unpaired) electrons. The molecule has 0 aliphatic carbocycles. The van der Waals surface area contributed by atoms with E-state index in [-0.39, 0.29) is 18.0 Å². The van der Waals surface area contributed by atoms with Crippen LogP contribution >= 0.6 is 0 Å². The number of carbonyl (C=O) groups excluding carboxylic acids is 2. The van der Waals surface area contributed by atoms with E-state index < -0.39 is 0 Å². The SMILES string of the molecule is CNC(=O)CCCCCCCNC(=O)N1CCN(C(c2ccccc2)c2ccccc2)CC1. The van der Waals surface area contributed by atoms with Crippen molar-refractivity contribution < 1.29 is 9.59 Å². The maximum Gasteiger partial charge on any atom is 0.317 e. The molecule has 0 saturated carbocycles. The van der Waals surface area contributed by atoms with Crippen molar-refractivity contribution in [2.45, 2.75) is 44.6 Å². The summed E-state index contributed by atoms with van der Waals surface area (Å²) in [4.78, 5) is 28.2. The molecule has 0 aromatic heterocycles. The lowest BCUT2D eigenvalue weighted by atomic mass is 9.96. The molecule has 0 atom stereocenters. The lowest BCUT2D eigenvalue weighted by molar-refractivity contribution is -0.120. The molecule has 3 rings (SSSR count). The van der Waals surface area contributed by atoms with Gasteiger partial charge in [0.1, 0.15) is 0 Å². The third kappa shape index (κ3) is 7.90. The minimum absolute atomic E-state index is 0.0465. The van der Waals surface area contributed by atoms with Crippen LogP contribution in [0.2, 0.25) is 0 Å². The van der Waals surface area contributed by atoms with E-state index in [4.69, 9.17) is 0 Å². The van der Waals surface area contributed by atoms with Gasteiger partial charge in [-0.05, 0) is 24.0 Å². The Labute approximate surface area is 198 Å². The highest BCUT2D eigenvalue weighted by molar-refractivity contribution is 5.75. The van der Waals surface area contributed by atoms with E-state index >= 15 is 0 Å². The van der Waals surface area contributed by atoms with E-state index in [0.29, 0.717) is 13.0 Å². The summed E-state index contributed by atoms with van der Waals surface area (Å²) in [5.41, 5.74) is 2.58.